The lowest BCUT2D eigenvalue weighted by atomic mass is 10.1. The summed E-state index contributed by atoms with van der Waals surface area (Å²) in [6.45, 7) is 2.40. The SMILES string of the molecule is CCOc1ccccc1NC(=O)[C@H]1Cc2ccccc2N1C(=O)c1ccccc1. The van der Waals surface area contributed by atoms with Crippen molar-refractivity contribution in [1.29, 1.82) is 0 Å². The fourth-order valence-corrected chi connectivity index (χ4v) is 3.63. The minimum absolute atomic E-state index is 0.186. The van der Waals surface area contributed by atoms with Crippen molar-refractivity contribution in [2.75, 3.05) is 16.8 Å². The van der Waals surface area contributed by atoms with E-state index in [1.54, 1.807) is 23.1 Å². The molecule has 1 aliphatic rings. The molecule has 0 aromatic heterocycles. The number of amides is 2. The van der Waals surface area contributed by atoms with Crippen LogP contribution in [0, 0.1) is 0 Å². The molecule has 5 nitrogen and oxygen atoms in total. The molecule has 0 fully saturated rings. The molecule has 0 unspecified atom stereocenters. The van der Waals surface area contributed by atoms with E-state index in [0.717, 1.165) is 11.3 Å². The van der Waals surface area contributed by atoms with E-state index < -0.39 is 6.04 Å². The molecule has 0 aliphatic carbocycles. The van der Waals surface area contributed by atoms with Crippen LogP contribution in [-0.2, 0) is 11.2 Å². The molecule has 0 saturated carbocycles. The van der Waals surface area contributed by atoms with Crippen LogP contribution in [-0.4, -0.2) is 24.5 Å². The third kappa shape index (κ3) is 3.72. The van der Waals surface area contributed by atoms with Gasteiger partial charge in [-0.1, -0.05) is 48.5 Å². The maximum atomic E-state index is 13.3. The number of hydrogen-bond donors (Lipinski definition) is 1. The average Bonchev–Trinajstić information content (AvgIpc) is 3.15. The Bertz CT molecular complexity index is 1030. The molecule has 5 heteroatoms. The number of ether oxygens (including phenoxy) is 1. The monoisotopic (exact) mass is 386 g/mol. The zero-order valence-electron chi connectivity index (χ0n) is 16.2. The van der Waals surface area contributed by atoms with Crippen LogP contribution >= 0.6 is 0 Å². The number of rotatable bonds is 5. The van der Waals surface area contributed by atoms with Gasteiger partial charge in [-0.3, -0.25) is 14.5 Å². The Morgan fingerprint density at radius 2 is 1.66 bits per heavy atom. The fourth-order valence-electron chi connectivity index (χ4n) is 3.63. The van der Waals surface area contributed by atoms with E-state index in [1.165, 1.54) is 0 Å². The van der Waals surface area contributed by atoms with Crippen LogP contribution in [0.4, 0.5) is 11.4 Å². The molecule has 0 spiro atoms. The lowest BCUT2D eigenvalue weighted by molar-refractivity contribution is -0.117. The molecule has 1 atom stereocenters. The van der Waals surface area contributed by atoms with E-state index in [2.05, 4.69) is 5.32 Å². The second-order valence-electron chi connectivity index (χ2n) is 6.81. The standard InChI is InChI=1S/C24H22N2O3/c1-2-29-22-15-9-7-13-19(22)25-23(27)21-16-18-12-6-8-14-20(18)26(21)24(28)17-10-4-3-5-11-17/h3-15,21H,2,16H2,1H3,(H,25,27)/t21-/m1/s1. The van der Waals surface area contributed by atoms with Gasteiger partial charge in [-0.05, 0) is 42.8 Å². The minimum Gasteiger partial charge on any atom is -0.492 e. The molecule has 0 saturated heterocycles. The molecule has 0 bridgehead atoms. The van der Waals surface area contributed by atoms with Crippen molar-refractivity contribution >= 4 is 23.2 Å². The van der Waals surface area contributed by atoms with Crippen molar-refractivity contribution in [2.24, 2.45) is 0 Å². The Balaban J connectivity index is 1.65. The summed E-state index contributed by atoms with van der Waals surface area (Å²) in [4.78, 5) is 28.1. The molecule has 4 rings (SSSR count). The maximum Gasteiger partial charge on any atom is 0.259 e. The molecule has 146 valence electrons. The normalized spacial score (nSPS) is 14.9. The smallest absolute Gasteiger partial charge is 0.259 e. The van der Waals surface area contributed by atoms with Gasteiger partial charge in [0.1, 0.15) is 11.8 Å². The van der Waals surface area contributed by atoms with Crippen molar-refractivity contribution < 1.29 is 14.3 Å². The Morgan fingerprint density at radius 1 is 0.966 bits per heavy atom. The number of para-hydroxylation sites is 3. The number of anilines is 2. The molecule has 1 heterocycles. The number of fused-ring (bicyclic) bond motifs is 1. The summed E-state index contributed by atoms with van der Waals surface area (Å²) in [6.07, 6.45) is 0.470. The van der Waals surface area contributed by atoms with Crippen molar-refractivity contribution in [3.8, 4) is 5.75 Å². The van der Waals surface area contributed by atoms with Gasteiger partial charge < -0.3 is 10.1 Å². The Kier molecular flexibility index (Phi) is 5.29. The number of nitrogens with one attached hydrogen (secondary N) is 1. The summed E-state index contributed by atoms with van der Waals surface area (Å²) in [5, 5.41) is 2.95. The summed E-state index contributed by atoms with van der Waals surface area (Å²) in [5.74, 6) is 0.186. The van der Waals surface area contributed by atoms with Crippen LogP contribution in [0.25, 0.3) is 0 Å². The van der Waals surface area contributed by atoms with Gasteiger partial charge in [-0.15, -0.1) is 0 Å². The lowest BCUT2D eigenvalue weighted by Gasteiger charge is -2.25. The highest BCUT2D eigenvalue weighted by atomic mass is 16.5. The number of hydrogen-bond acceptors (Lipinski definition) is 3. The Hall–Kier alpha value is -3.60. The van der Waals surface area contributed by atoms with E-state index in [0.29, 0.717) is 30.0 Å². The van der Waals surface area contributed by atoms with Gasteiger partial charge in [-0.2, -0.15) is 0 Å². The van der Waals surface area contributed by atoms with Crippen LogP contribution in [0.2, 0.25) is 0 Å². The molecule has 29 heavy (non-hydrogen) atoms. The number of nitrogens with zero attached hydrogens (tertiary/aromatic N) is 1. The zero-order valence-corrected chi connectivity index (χ0v) is 16.2. The quantitative estimate of drug-likeness (QED) is 0.711. The van der Waals surface area contributed by atoms with Gasteiger partial charge in [-0.25, -0.2) is 0 Å². The fraction of sp³-hybridized carbons (Fsp3) is 0.167. The summed E-state index contributed by atoms with van der Waals surface area (Å²) >= 11 is 0. The first-order chi connectivity index (χ1) is 14.2. The largest absolute Gasteiger partial charge is 0.492 e. The third-order valence-corrected chi connectivity index (χ3v) is 4.96. The van der Waals surface area contributed by atoms with Crippen molar-refractivity contribution in [3.63, 3.8) is 0 Å². The van der Waals surface area contributed by atoms with Gasteiger partial charge in [0.05, 0.1) is 12.3 Å². The van der Waals surface area contributed by atoms with Crippen molar-refractivity contribution in [1.82, 2.24) is 0 Å². The Morgan fingerprint density at radius 3 is 2.45 bits per heavy atom. The summed E-state index contributed by atoms with van der Waals surface area (Å²) < 4.78 is 5.61. The first-order valence-corrected chi connectivity index (χ1v) is 9.68. The number of benzene rings is 3. The van der Waals surface area contributed by atoms with E-state index in [4.69, 9.17) is 4.74 Å². The highest BCUT2D eigenvalue weighted by molar-refractivity contribution is 6.13. The highest BCUT2D eigenvalue weighted by Gasteiger charge is 2.38. The minimum atomic E-state index is -0.630. The first-order valence-electron chi connectivity index (χ1n) is 9.68. The van der Waals surface area contributed by atoms with Gasteiger partial charge in [0, 0.05) is 17.7 Å². The summed E-state index contributed by atoms with van der Waals surface area (Å²) in [6, 6.07) is 23.4. The van der Waals surface area contributed by atoms with Crippen LogP contribution in [0.5, 0.6) is 5.75 Å². The van der Waals surface area contributed by atoms with Crippen molar-refractivity contribution in [2.45, 2.75) is 19.4 Å². The molecule has 2 amide bonds. The molecule has 0 radical (unpaired) electrons. The van der Waals surface area contributed by atoms with Gasteiger partial charge in [0.25, 0.3) is 5.91 Å². The topological polar surface area (TPSA) is 58.6 Å². The predicted molar refractivity (Wildman–Crippen MR) is 113 cm³/mol. The van der Waals surface area contributed by atoms with Gasteiger partial charge in [0.2, 0.25) is 5.91 Å². The molecule has 3 aromatic carbocycles. The van der Waals surface area contributed by atoms with Crippen LogP contribution < -0.4 is 15.0 Å². The second-order valence-corrected chi connectivity index (χ2v) is 6.81. The van der Waals surface area contributed by atoms with Gasteiger partial charge >= 0.3 is 0 Å². The predicted octanol–water partition coefficient (Wildman–Crippen LogP) is 4.30. The molecule has 1 N–H and O–H groups in total. The van der Waals surface area contributed by atoms with Gasteiger partial charge in [0.15, 0.2) is 0 Å². The van der Waals surface area contributed by atoms with E-state index in [1.807, 2.05) is 67.6 Å². The molecule has 1 aliphatic heterocycles. The molecular formula is C24H22N2O3. The van der Waals surface area contributed by atoms with Crippen LogP contribution in [0.3, 0.4) is 0 Å². The first kappa shape index (κ1) is 18.7. The molecular weight excluding hydrogens is 364 g/mol. The van der Waals surface area contributed by atoms with E-state index >= 15 is 0 Å². The van der Waals surface area contributed by atoms with E-state index in [-0.39, 0.29) is 11.8 Å². The second kappa shape index (κ2) is 8.19. The summed E-state index contributed by atoms with van der Waals surface area (Å²) in [5.41, 5.74) is 2.91. The average molecular weight is 386 g/mol. The number of carbonyl (C=O) groups is 2. The summed E-state index contributed by atoms with van der Waals surface area (Å²) in [7, 11) is 0. The maximum absolute atomic E-state index is 13.3. The lowest BCUT2D eigenvalue weighted by Crippen LogP contribution is -2.45. The highest BCUT2D eigenvalue weighted by Crippen LogP contribution is 2.34. The molecule has 3 aromatic rings. The van der Waals surface area contributed by atoms with Crippen molar-refractivity contribution in [3.05, 3.63) is 90.0 Å². The number of carbonyl (C=O) groups excluding carboxylic acids is 2. The van der Waals surface area contributed by atoms with Crippen LogP contribution in [0.1, 0.15) is 22.8 Å². The zero-order chi connectivity index (χ0) is 20.2. The van der Waals surface area contributed by atoms with Crippen LogP contribution in [0.15, 0.2) is 78.9 Å². The Labute approximate surface area is 169 Å². The third-order valence-electron chi connectivity index (χ3n) is 4.96. The van der Waals surface area contributed by atoms with E-state index in [9.17, 15) is 9.59 Å².